The molecule has 0 radical (unpaired) electrons. The molecule has 0 spiro atoms. The average molecular weight is 443 g/mol. The molecule has 0 amide bonds. The van der Waals surface area contributed by atoms with Crippen molar-refractivity contribution in [1.82, 2.24) is 19.5 Å². The molecule has 152 valence electrons. The Labute approximate surface area is 176 Å². The minimum atomic E-state index is -3.80. The molecule has 9 heteroatoms. The molecule has 2 aromatic heterocycles. The summed E-state index contributed by atoms with van der Waals surface area (Å²) in [5.41, 5.74) is 3.62. The van der Waals surface area contributed by atoms with Gasteiger partial charge in [-0.2, -0.15) is 5.10 Å². The third-order valence-corrected chi connectivity index (χ3v) is 6.60. The van der Waals surface area contributed by atoms with E-state index in [1.165, 1.54) is 6.07 Å². The van der Waals surface area contributed by atoms with Crippen molar-refractivity contribution in [3.8, 4) is 0 Å². The zero-order chi connectivity index (χ0) is 19.9. The van der Waals surface area contributed by atoms with E-state index in [0.29, 0.717) is 29.3 Å². The molecular formula is C19H24Cl2N4O2S. The lowest BCUT2D eigenvalue weighted by Crippen LogP contribution is -2.16. The highest BCUT2D eigenvalue weighted by atomic mass is 35.5. The van der Waals surface area contributed by atoms with Crippen LogP contribution in [0, 0.1) is 13.8 Å². The van der Waals surface area contributed by atoms with Gasteiger partial charge in [-0.15, -0.1) is 12.4 Å². The van der Waals surface area contributed by atoms with E-state index in [1.54, 1.807) is 22.7 Å². The van der Waals surface area contributed by atoms with Crippen molar-refractivity contribution in [3.63, 3.8) is 0 Å². The molecule has 2 heterocycles. The molecule has 0 aliphatic rings. The van der Waals surface area contributed by atoms with Gasteiger partial charge >= 0.3 is 0 Å². The van der Waals surface area contributed by atoms with Crippen molar-refractivity contribution in [2.75, 3.05) is 14.1 Å². The van der Waals surface area contributed by atoms with Gasteiger partial charge in [-0.1, -0.05) is 24.6 Å². The van der Waals surface area contributed by atoms with Gasteiger partial charge in [0.05, 0.1) is 10.6 Å². The highest BCUT2D eigenvalue weighted by molar-refractivity contribution is 7.91. The van der Waals surface area contributed by atoms with Crippen molar-refractivity contribution in [2.45, 2.75) is 43.5 Å². The molecule has 0 aliphatic heterocycles. The Hall–Kier alpha value is -1.67. The molecule has 0 atom stereocenters. The Kier molecular flexibility index (Phi) is 6.76. The van der Waals surface area contributed by atoms with Crippen LogP contribution in [0.3, 0.4) is 0 Å². The maximum atomic E-state index is 13.4. The molecule has 0 bridgehead atoms. The Morgan fingerprint density at radius 1 is 1.21 bits per heavy atom. The van der Waals surface area contributed by atoms with E-state index in [9.17, 15) is 8.42 Å². The topological polar surface area (TPSA) is 67.6 Å². The van der Waals surface area contributed by atoms with E-state index in [-0.39, 0.29) is 22.2 Å². The Balaban J connectivity index is 0.00000280. The first-order chi connectivity index (χ1) is 12.7. The van der Waals surface area contributed by atoms with Gasteiger partial charge in [-0.3, -0.25) is 0 Å². The first kappa shape index (κ1) is 22.6. The van der Waals surface area contributed by atoms with E-state index in [4.69, 9.17) is 11.6 Å². The Morgan fingerprint density at radius 3 is 2.46 bits per heavy atom. The van der Waals surface area contributed by atoms with Crippen LogP contribution in [0.1, 0.15) is 29.6 Å². The number of hydrogen-bond donors (Lipinski definition) is 0. The van der Waals surface area contributed by atoms with Crippen LogP contribution in [0.25, 0.3) is 5.65 Å². The Morgan fingerprint density at radius 2 is 1.89 bits per heavy atom. The fourth-order valence-electron chi connectivity index (χ4n) is 3.19. The zero-order valence-electron chi connectivity index (χ0n) is 16.5. The predicted molar refractivity (Wildman–Crippen MR) is 113 cm³/mol. The lowest BCUT2D eigenvalue weighted by Gasteiger charge is -2.15. The number of sulfone groups is 1. The number of fused-ring (bicyclic) bond motifs is 1. The van der Waals surface area contributed by atoms with E-state index in [1.807, 2.05) is 34.9 Å². The molecular weight excluding hydrogens is 419 g/mol. The van der Waals surface area contributed by atoms with Gasteiger partial charge in [-0.05, 0) is 52.6 Å². The van der Waals surface area contributed by atoms with E-state index < -0.39 is 9.84 Å². The van der Waals surface area contributed by atoms with Gasteiger partial charge in [0.2, 0.25) is 9.84 Å². The highest BCUT2D eigenvalue weighted by Gasteiger charge is 2.29. The molecule has 0 saturated carbocycles. The summed E-state index contributed by atoms with van der Waals surface area (Å²) in [4.78, 5) is 7.00. The second-order valence-electron chi connectivity index (χ2n) is 6.82. The van der Waals surface area contributed by atoms with Crippen LogP contribution in [0.2, 0.25) is 5.02 Å². The second kappa shape index (κ2) is 8.37. The zero-order valence-corrected chi connectivity index (χ0v) is 18.9. The number of aryl methyl sites for hydroxylation is 3. The second-order valence-corrected chi connectivity index (χ2v) is 9.15. The summed E-state index contributed by atoms with van der Waals surface area (Å²) in [5.74, 6) is 0. The quantitative estimate of drug-likeness (QED) is 0.599. The van der Waals surface area contributed by atoms with Gasteiger partial charge in [-0.25, -0.2) is 17.9 Å². The van der Waals surface area contributed by atoms with Crippen LogP contribution in [0.15, 0.2) is 34.1 Å². The molecule has 3 aromatic rings. The monoisotopic (exact) mass is 442 g/mol. The van der Waals surface area contributed by atoms with Crippen LogP contribution in [0.4, 0.5) is 0 Å². The molecule has 1 aromatic carbocycles. The normalized spacial score (nSPS) is 11.8. The summed E-state index contributed by atoms with van der Waals surface area (Å²) in [6, 6.07) is 6.29. The molecule has 0 aliphatic carbocycles. The largest absolute Gasteiger partial charge is 0.305 e. The molecule has 0 N–H and O–H groups in total. The molecule has 0 fully saturated rings. The minimum Gasteiger partial charge on any atom is -0.305 e. The van der Waals surface area contributed by atoms with Crippen molar-refractivity contribution in [3.05, 3.63) is 51.9 Å². The van der Waals surface area contributed by atoms with Gasteiger partial charge < -0.3 is 4.90 Å². The third kappa shape index (κ3) is 3.89. The van der Waals surface area contributed by atoms with Crippen LogP contribution in [-0.4, -0.2) is 42.0 Å². The van der Waals surface area contributed by atoms with Crippen LogP contribution >= 0.6 is 24.0 Å². The summed E-state index contributed by atoms with van der Waals surface area (Å²) < 4.78 is 28.4. The van der Waals surface area contributed by atoms with Gasteiger partial charge in [0, 0.05) is 28.5 Å². The summed E-state index contributed by atoms with van der Waals surface area (Å²) in [5, 5.41) is 4.95. The molecule has 6 nitrogen and oxygen atoms in total. The summed E-state index contributed by atoms with van der Waals surface area (Å²) in [6.45, 7) is 6.45. The maximum absolute atomic E-state index is 13.4. The van der Waals surface area contributed by atoms with Gasteiger partial charge in [0.1, 0.15) is 4.90 Å². The van der Waals surface area contributed by atoms with Gasteiger partial charge in [0.15, 0.2) is 5.65 Å². The van der Waals surface area contributed by atoms with Crippen LogP contribution in [-0.2, 0) is 22.8 Å². The number of hydrogen-bond acceptors (Lipinski definition) is 5. The van der Waals surface area contributed by atoms with E-state index in [0.717, 1.165) is 17.0 Å². The number of aromatic nitrogens is 3. The van der Waals surface area contributed by atoms with Crippen molar-refractivity contribution in [1.29, 1.82) is 0 Å². The Bertz CT molecular complexity index is 1120. The van der Waals surface area contributed by atoms with Crippen LogP contribution < -0.4 is 0 Å². The SMILES string of the molecule is CCc1nn2c(C)c(CN(C)C)c(C)nc2c1S(=O)(=O)c1cccc(Cl)c1.Cl. The fourth-order valence-corrected chi connectivity index (χ4v) is 5.09. The first-order valence-electron chi connectivity index (χ1n) is 8.69. The number of halogens is 2. The number of rotatable bonds is 5. The minimum absolute atomic E-state index is 0. The maximum Gasteiger partial charge on any atom is 0.212 e. The summed E-state index contributed by atoms with van der Waals surface area (Å²) in [6.07, 6.45) is 0.486. The smallest absolute Gasteiger partial charge is 0.212 e. The first-order valence-corrected chi connectivity index (χ1v) is 10.6. The number of nitrogens with zero attached hydrogens (tertiary/aromatic N) is 4. The van der Waals surface area contributed by atoms with Crippen LogP contribution in [0.5, 0.6) is 0 Å². The van der Waals surface area contributed by atoms with E-state index >= 15 is 0 Å². The van der Waals surface area contributed by atoms with Gasteiger partial charge in [0.25, 0.3) is 0 Å². The highest BCUT2D eigenvalue weighted by Crippen LogP contribution is 2.30. The molecule has 0 saturated heterocycles. The van der Waals surface area contributed by atoms with Crippen molar-refractivity contribution < 1.29 is 8.42 Å². The lowest BCUT2D eigenvalue weighted by molar-refractivity contribution is 0.398. The third-order valence-electron chi connectivity index (χ3n) is 4.54. The van der Waals surface area contributed by atoms with Crippen molar-refractivity contribution in [2.24, 2.45) is 0 Å². The van der Waals surface area contributed by atoms with E-state index in [2.05, 4.69) is 15.0 Å². The summed E-state index contributed by atoms with van der Waals surface area (Å²) >= 11 is 6.02. The number of benzene rings is 1. The fraction of sp³-hybridized carbons (Fsp3) is 0.368. The molecule has 0 unspecified atom stereocenters. The molecule has 28 heavy (non-hydrogen) atoms. The lowest BCUT2D eigenvalue weighted by atomic mass is 10.1. The molecule has 3 rings (SSSR count). The van der Waals surface area contributed by atoms with Crippen molar-refractivity contribution >= 4 is 39.5 Å². The average Bonchev–Trinajstić information content (AvgIpc) is 2.97. The summed E-state index contributed by atoms with van der Waals surface area (Å²) in [7, 11) is 0.172. The standard InChI is InChI=1S/C19H23ClN4O2S.ClH/c1-6-17-18(27(25,26)15-9-7-8-14(20)10-15)19-21-12(2)16(11-23(4)5)13(3)24(19)22-17;/h7-10H,6,11H2,1-5H3;1H. The predicted octanol–water partition coefficient (Wildman–Crippen LogP) is 3.88.